The molecule has 0 atom stereocenters. The standard InChI is InChI=1S/O3Si.Sr.Zr/c1-4(2)3;;/q-2;2*+2. The van der Waals surface area contributed by atoms with Gasteiger partial charge in [0.1, 0.15) is 0 Å². The molecule has 0 saturated heterocycles. The van der Waals surface area contributed by atoms with Gasteiger partial charge in [0.15, 0.2) is 0 Å². The maximum atomic E-state index is 8.52. The Balaban J connectivity index is -0.0000000450. The molecule has 3 nitrogen and oxygen atoms in total. The second kappa shape index (κ2) is 10.1. The molecule has 0 unspecified atom stereocenters. The average Bonchev–Trinajstić information content (AvgIpc) is 0.811. The molecule has 0 aliphatic rings. The van der Waals surface area contributed by atoms with Crippen LogP contribution in [0.25, 0.3) is 0 Å². The summed E-state index contributed by atoms with van der Waals surface area (Å²) in [4.78, 5) is 17.0. The Morgan fingerprint density at radius 3 is 1.33 bits per heavy atom. The number of rotatable bonds is 0. The van der Waals surface area contributed by atoms with E-state index in [-0.39, 0.29) is 71.7 Å². The van der Waals surface area contributed by atoms with Gasteiger partial charge in [0.25, 0.3) is 0 Å². The minimum absolute atomic E-state index is 0. The molecular formula is O3SiSrZr+2. The second-order valence-electron chi connectivity index (χ2n) is 0.250. The molecular weight excluding hydrogens is 255 g/mol. The molecule has 0 rings (SSSR count). The van der Waals surface area contributed by atoms with E-state index in [0.717, 1.165) is 0 Å². The fourth-order valence-electron chi connectivity index (χ4n) is 0. The summed E-state index contributed by atoms with van der Waals surface area (Å²) in [6.45, 7) is 0. The van der Waals surface area contributed by atoms with E-state index in [4.69, 9.17) is 14.1 Å². The van der Waals surface area contributed by atoms with Gasteiger partial charge in [-0.1, -0.05) is 0 Å². The maximum absolute atomic E-state index is 8.52. The molecule has 0 radical (unpaired) electrons. The van der Waals surface area contributed by atoms with Gasteiger partial charge < -0.3 is 14.1 Å². The van der Waals surface area contributed by atoms with Crippen molar-refractivity contribution >= 4 is 54.7 Å². The van der Waals surface area contributed by atoms with Gasteiger partial charge in [0.2, 0.25) is 0 Å². The molecule has 0 aromatic carbocycles. The van der Waals surface area contributed by atoms with Crippen molar-refractivity contribution in [1.82, 2.24) is 0 Å². The molecule has 0 N–H and O–H groups in total. The van der Waals surface area contributed by atoms with E-state index in [0.29, 0.717) is 0 Å². The summed E-state index contributed by atoms with van der Waals surface area (Å²) in [5, 5.41) is 0. The third-order valence-electron chi connectivity index (χ3n) is 0. The minimum Gasteiger partial charge on any atom is -0.672 e. The average molecular weight is 255 g/mol. The van der Waals surface area contributed by atoms with Crippen molar-refractivity contribution in [1.29, 1.82) is 0 Å². The van der Waals surface area contributed by atoms with Gasteiger partial charge in [-0.2, -0.15) is 0 Å². The van der Waals surface area contributed by atoms with E-state index < -0.39 is 9.17 Å². The van der Waals surface area contributed by atoms with Crippen LogP contribution in [0.1, 0.15) is 0 Å². The summed E-state index contributed by atoms with van der Waals surface area (Å²) in [5.74, 6) is 0. The van der Waals surface area contributed by atoms with E-state index >= 15 is 0 Å². The Morgan fingerprint density at radius 2 is 1.33 bits per heavy atom. The molecule has 0 fully saturated rings. The van der Waals surface area contributed by atoms with Crippen LogP contribution in [-0.4, -0.2) is 54.7 Å². The van der Waals surface area contributed by atoms with Gasteiger partial charge in [-0.3, -0.25) is 0 Å². The molecule has 0 heterocycles. The van der Waals surface area contributed by atoms with E-state index in [1.165, 1.54) is 0 Å². The van der Waals surface area contributed by atoms with Crippen LogP contribution in [0.4, 0.5) is 0 Å². The smallest absolute Gasteiger partial charge is 0.672 e. The van der Waals surface area contributed by atoms with Gasteiger partial charge in [0.05, 0.1) is 0 Å². The Kier molecular flexibility index (Phi) is 26.3. The minimum atomic E-state index is -3.63. The normalized spacial score (nSPS) is 4.00. The summed E-state index contributed by atoms with van der Waals surface area (Å²) >= 11 is 0. The Bertz CT molecular complexity index is 33.8. The van der Waals surface area contributed by atoms with Gasteiger partial charge >= 0.3 is 71.7 Å². The molecule has 0 saturated carbocycles. The van der Waals surface area contributed by atoms with Crippen LogP contribution in [0.15, 0.2) is 0 Å². The fourth-order valence-corrected chi connectivity index (χ4v) is 0. The summed E-state index contributed by atoms with van der Waals surface area (Å²) in [7, 11) is -3.63. The van der Waals surface area contributed by atoms with Crippen molar-refractivity contribution in [3.05, 3.63) is 0 Å². The molecule has 0 aliphatic heterocycles. The first-order chi connectivity index (χ1) is 1.73. The summed E-state index contributed by atoms with van der Waals surface area (Å²) < 4.78 is 8.52. The number of hydrogen-bond donors (Lipinski definition) is 0. The summed E-state index contributed by atoms with van der Waals surface area (Å²) in [6, 6.07) is 0. The summed E-state index contributed by atoms with van der Waals surface area (Å²) in [5.41, 5.74) is 0. The van der Waals surface area contributed by atoms with Crippen LogP contribution in [0.2, 0.25) is 0 Å². The third kappa shape index (κ3) is 37.8. The molecule has 0 amide bonds. The predicted octanol–water partition coefficient (Wildman–Crippen LogP) is -3.26. The Morgan fingerprint density at radius 1 is 1.33 bits per heavy atom. The van der Waals surface area contributed by atoms with E-state index in [2.05, 4.69) is 0 Å². The molecule has 0 bridgehead atoms. The van der Waals surface area contributed by atoms with Crippen LogP contribution < -0.4 is 9.59 Å². The quantitative estimate of drug-likeness (QED) is 0.427. The first-order valence-corrected chi connectivity index (χ1v) is 1.84. The molecule has 6 heteroatoms. The second-order valence-corrected chi connectivity index (χ2v) is 0.750. The topological polar surface area (TPSA) is 63.2 Å². The zero-order chi connectivity index (χ0) is 3.58. The molecule has 0 aromatic rings. The van der Waals surface area contributed by atoms with Crippen molar-refractivity contribution in [3.63, 3.8) is 0 Å². The fraction of sp³-hybridized carbons (Fsp3) is 0. The first kappa shape index (κ1) is 15.7. The molecule has 6 heavy (non-hydrogen) atoms. The van der Waals surface area contributed by atoms with Crippen LogP contribution in [0.3, 0.4) is 0 Å². The zero-order valence-electron chi connectivity index (χ0n) is 2.93. The van der Waals surface area contributed by atoms with E-state index in [1.54, 1.807) is 0 Å². The van der Waals surface area contributed by atoms with Gasteiger partial charge in [-0.05, 0) is 0 Å². The van der Waals surface area contributed by atoms with Crippen molar-refractivity contribution in [2.24, 2.45) is 0 Å². The van der Waals surface area contributed by atoms with Crippen LogP contribution in [0.5, 0.6) is 0 Å². The van der Waals surface area contributed by atoms with Crippen molar-refractivity contribution in [2.45, 2.75) is 0 Å². The maximum Gasteiger partial charge on any atom is 2.00 e. The summed E-state index contributed by atoms with van der Waals surface area (Å²) in [6.07, 6.45) is 0. The Labute approximate surface area is 93.1 Å². The van der Waals surface area contributed by atoms with Crippen molar-refractivity contribution < 1.29 is 40.3 Å². The molecule has 26 valence electrons. The Hall–Kier alpha value is 1.98. The van der Waals surface area contributed by atoms with Crippen molar-refractivity contribution in [3.8, 4) is 0 Å². The van der Waals surface area contributed by atoms with Gasteiger partial charge in [0, 0.05) is 9.17 Å². The molecule has 0 aliphatic carbocycles. The zero-order valence-corrected chi connectivity index (χ0v) is 9.87. The first-order valence-electron chi connectivity index (χ1n) is 0.612. The SMILES string of the molecule is O=[Si]([O-])[O-].[Sr+2].[Zr+2]. The predicted molar refractivity (Wildman–Crippen MR) is 12.2 cm³/mol. The van der Waals surface area contributed by atoms with Crippen LogP contribution in [-0.2, 0) is 30.7 Å². The van der Waals surface area contributed by atoms with E-state index in [9.17, 15) is 0 Å². The largest absolute Gasteiger partial charge is 2.00 e. The van der Waals surface area contributed by atoms with Crippen LogP contribution in [0, 0.1) is 0 Å². The van der Waals surface area contributed by atoms with Crippen molar-refractivity contribution in [2.75, 3.05) is 0 Å². The molecule has 0 aromatic heterocycles. The monoisotopic (exact) mass is 254 g/mol. The van der Waals surface area contributed by atoms with Gasteiger partial charge in [-0.15, -0.1) is 0 Å². The van der Waals surface area contributed by atoms with Crippen LogP contribution >= 0.6 is 0 Å². The van der Waals surface area contributed by atoms with Gasteiger partial charge in [-0.25, -0.2) is 0 Å². The third-order valence-corrected chi connectivity index (χ3v) is 0. The van der Waals surface area contributed by atoms with E-state index in [1.807, 2.05) is 0 Å². The number of hydrogen-bond acceptors (Lipinski definition) is 3. The molecule has 0 spiro atoms.